The fourth-order valence-electron chi connectivity index (χ4n) is 1.61. The first-order chi connectivity index (χ1) is 7.88. The van der Waals surface area contributed by atoms with Crippen LogP contribution in [0.25, 0.3) is 0 Å². The number of hydrogen-bond acceptors (Lipinski definition) is 1. The highest BCUT2D eigenvalue weighted by molar-refractivity contribution is 6.89. The van der Waals surface area contributed by atoms with Crippen molar-refractivity contribution < 1.29 is 4.79 Å². The number of nitrogens with one attached hydrogen (secondary N) is 1. The Hall–Kier alpha value is -1.06. The van der Waals surface area contributed by atoms with Gasteiger partial charge in [0.2, 0.25) is 0 Å². The van der Waals surface area contributed by atoms with Crippen molar-refractivity contribution >= 4 is 30.8 Å². The van der Waals surface area contributed by atoms with E-state index < -0.39 is 8.07 Å². The predicted molar refractivity (Wildman–Crippen MR) is 76.7 cm³/mol. The topological polar surface area (TPSA) is 29.1 Å². The minimum absolute atomic E-state index is 0.133. The maximum Gasteiger partial charge on any atom is 0.256 e. The van der Waals surface area contributed by atoms with Gasteiger partial charge in [0.15, 0.2) is 0 Å². The van der Waals surface area contributed by atoms with Crippen LogP contribution in [0.5, 0.6) is 0 Å². The summed E-state index contributed by atoms with van der Waals surface area (Å²) in [6, 6.07) is 5.67. The van der Waals surface area contributed by atoms with E-state index in [4.69, 9.17) is 11.6 Å². The van der Waals surface area contributed by atoms with Crippen LogP contribution in [0, 0.1) is 0 Å². The van der Waals surface area contributed by atoms with Gasteiger partial charge in [-0.1, -0.05) is 49.5 Å². The molecule has 0 saturated heterocycles. The molecular weight excluding hydrogens is 250 g/mol. The summed E-state index contributed by atoms with van der Waals surface area (Å²) in [6.07, 6.45) is 3.41. The first kappa shape index (κ1) is 14.0. The van der Waals surface area contributed by atoms with Gasteiger partial charge in [0.05, 0.1) is 18.7 Å². The van der Waals surface area contributed by atoms with Crippen LogP contribution >= 0.6 is 11.6 Å². The second kappa shape index (κ2) is 5.51. The lowest BCUT2D eigenvalue weighted by Crippen LogP contribution is -2.43. The number of benzene rings is 1. The third-order valence-corrected chi connectivity index (χ3v) is 4.78. The standard InChI is InChI=1S/C13H18ClNOSi/c1-5-9-15-13(16)12-10(14)7-6-8-11(12)17(2,3)4/h5-9H,1-4H3,(H,15,16)/b9-5-. The summed E-state index contributed by atoms with van der Waals surface area (Å²) in [5, 5.41) is 4.33. The first-order valence-electron chi connectivity index (χ1n) is 5.59. The van der Waals surface area contributed by atoms with Crippen molar-refractivity contribution in [3.63, 3.8) is 0 Å². The smallest absolute Gasteiger partial charge is 0.256 e. The van der Waals surface area contributed by atoms with E-state index in [0.29, 0.717) is 10.6 Å². The van der Waals surface area contributed by atoms with Gasteiger partial charge in [-0.25, -0.2) is 0 Å². The quantitative estimate of drug-likeness (QED) is 0.838. The summed E-state index contributed by atoms with van der Waals surface area (Å²) < 4.78 is 0. The summed E-state index contributed by atoms with van der Waals surface area (Å²) in [4.78, 5) is 12.1. The van der Waals surface area contributed by atoms with Gasteiger partial charge in [-0.05, 0) is 24.4 Å². The molecule has 92 valence electrons. The highest BCUT2D eigenvalue weighted by Crippen LogP contribution is 2.17. The lowest BCUT2D eigenvalue weighted by molar-refractivity contribution is 0.0971. The van der Waals surface area contributed by atoms with Crippen LogP contribution in [0.3, 0.4) is 0 Å². The molecule has 4 heteroatoms. The van der Waals surface area contributed by atoms with Crippen LogP contribution in [0.15, 0.2) is 30.5 Å². The zero-order chi connectivity index (χ0) is 13.1. The van der Waals surface area contributed by atoms with Gasteiger partial charge >= 0.3 is 0 Å². The molecule has 1 amide bonds. The number of allylic oxidation sites excluding steroid dienone is 1. The van der Waals surface area contributed by atoms with E-state index in [2.05, 4.69) is 25.0 Å². The Morgan fingerprint density at radius 3 is 2.53 bits per heavy atom. The summed E-state index contributed by atoms with van der Waals surface area (Å²) >= 11 is 6.15. The maximum absolute atomic E-state index is 12.1. The van der Waals surface area contributed by atoms with Crippen molar-refractivity contribution in [1.29, 1.82) is 0 Å². The number of halogens is 1. The van der Waals surface area contributed by atoms with E-state index in [1.54, 1.807) is 18.3 Å². The predicted octanol–water partition coefficient (Wildman–Crippen LogP) is 3.15. The lowest BCUT2D eigenvalue weighted by atomic mass is 10.2. The Morgan fingerprint density at radius 1 is 1.35 bits per heavy atom. The summed E-state index contributed by atoms with van der Waals surface area (Å²) in [5.41, 5.74) is 0.617. The molecule has 0 heterocycles. The second-order valence-electron chi connectivity index (χ2n) is 4.89. The van der Waals surface area contributed by atoms with Gasteiger partial charge < -0.3 is 5.32 Å². The van der Waals surface area contributed by atoms with Gasteiger partial charge in [-0.3, -0.25) is 4.79 Å². The van der Waals surface area contributed by atoms with Gasteiger partial charge in [0.1, 0.15) is 0 Å². The molecule has 0 bridgehead atoms. The lowest BCUT2D eigenvalue weighted by Gasteiger charge is -2.21. The van der Waals surface area contributed by atoms with Crippen molar-refractivity contribution in [3.8, 4) is 0 Å². The molecule has 0 radical (unpaired) electrons. The number of carbonyl (C=O) groups excluding carboxylic acids is 1. The highest BCUT2D eigenvalue weighted by Gasteiger charge is 2.24. The van der Waals surface area contributed by atoms with Crippen LogP contribution < -0.4 is 10.5 Å². The average Bonchev–Trinajstić information content (AvgIpc) is 2.24. The van der Waals surface area contributed by atoms with E-state index >= 15 is 0 Å². The van der Waals surface area contributed by atoms with Crippen LogP contribution in [-0.2, 0) is 0 Å². The first-order valence-corrected chi connectivity index (χ1v) is 9.46. The zero-order valence-electron chi connectivity index (χ0n) is 10.7. The van der Waals surface area contributed by atoms with Gasteiger partial charge in [0.25, 0.3) is 5.91 Å². The second-order valence-corrected chi connectivity index (χ2v) is 10.3. The fraction of sp³-hybridized carbons (Fsp3) is 0.308. The minimum Gasteiger partial charge on any atom is -0.329 e. The Balaban J connectivity index is 3.26. The third-order valence-electron chi connectivity index (χ3n) is 2.43. The third kappa shape index (κ3) is 3.45. The Labute approximate surface area is 109 Å². The van der Waals surface area contributed by atoms with Crippen LogP contribution in [0.2, 0.25) is 24.7 Å². The average molecular weight is 268 g/mol. The fourth-order valence-corrected chi connectivity index (χ4v) is 3.55. The molecule has 1 aromatic carbocycles. The van der Waals surface area contributed by atoms with E-state index in [9.17, 15) is 4.79 Å². The number of amides is 1. The van der Waals surface area contributed by atoms with E-state index in [1.807, 2.05) is 19.1 Å². The molecule has 0 atom stereocenters. The number of rotatable bonds is 3. The summed E-state index contributed by atoms with van der Waals surface area (Å²) in [5.74, 6) is -0.133. The van der Waals surface area contributed by atoms with E-state index in [-0.39, 0.29) is 5.91 Å². The molecule has 1 N–H and O–H groups in total. The van der Waals surface area contributed by atoms with Gasteiger partial charge in [0, 0.05) is 0 Å². The zero-order valence-corrected chi connectivity index (χ0v) is 12.4. The monoisotopic (exact) mass is 267 g/mol. The SMILES string of the molecule is C/C=C\NC(=O)c1c(Cl)cccc1[Si](C)(C)C. The van der Waals surface area contributed by atoms with Crippen molar-refractivity contribution in [2.75, 3.05) is 0 Å². The van der Waals surface area contributed by atoms with E-state index in [1.165, 1.54) is 0 Å². The maximum atomic E-state index is 12.1. The molecular formula is C13H18ClNOSi. The molecule has 0 aromatic heterocycles. The Bertz CT molecular complexity index is 449. The molecule has 0 fully saturated rings. The highest BCUT2D eigenvalue weighted by atomic mass is 35.5. The molecule has 2 nitrogen and oxygen atoms in total. The van der Waals surface area contributed by atoms with Crippen molar-refractivity contribution in [1.82, 2.24) is 5.32 Å². The van der Waals surface area contributed by atoms with Crippen LogP contribution in [0.1, 0.15) is 17.3 Å². The van der Waals surface area contributed by atoms with Crippen LogP contribution in [0.4, 0.5) is 0 Å². The molecule has 1 aromatic rings. The molecule has 0 spiro atoms. The molecule has 0 aliphatic rings. The van der Waals surface area contributed by atoms with Gasteiger partial charge in [-0.2, -0.15) is 0 Å². The molecule has 0 unspecified atom stereocenters. The molecule has 17 heavy (non-hydrogen) atoms. The Morgan fingerprint density at radius 2 is 2.00 bits per heavy atom. The molecule has 1 rings (SSSR count). The van der Waals surface area contributed by atoms with E-state index in [0.717, 1.165) is 5.19 Å². The van der Waals surface area contributed by atoms with Crippen molar-refractivity contribution in [2.45, 2.75) is 26.6 Å². The van der Waals surface area contributed by atoms with Gasteiger partial charge in [-0.15, -0.1) is 0 Å². The molecule has 0 aliphatic carbocycles. The molecule has 0 aliphatic heterocycles. The minimum atomic E-state index is -1.58. The Kier molecular flexibility index (Phi) is 4.54. The summed E-state index contributed by atoms with van der Waals surface area (Å²) in [6.45, 7) is 8.45. The van der Waals surface area contributed by atoms with Crippen LogP contribution in [-0.4, -0.2) is 14.0 Å². The summed E-state index contributed by atoms with van der Waals surface area (Å²) in [7, 11) is -1.58. The van der Waals surface area contributed by atoms with Crippen molar-refractivity contribution in [2.24, 2.45) is 0 Å². The number of hydrogen-bond donors (Lipinski definition) is 1. The number of carbonyl (C=O) groups is 1. The van der Waals surface area contributed by atoms with Crippen molar-refractivity contribution in [3.05, 3.63) is 41.1 Å². The molecule has 0 saturated carbocycles. The largest absolute Gasteiger partial charge is 0.329 e. The normalized spacial score (nSPS) is 11.8.